The number of aromatic nitrogens is 1. The summed E-state index contributed by atoms with van der Waals surface area (Å²) < 4.78 is 0. The third kappa shape index (κ3) is 4.59. The Labute approximate surface area is 160 Å². The van der Waals surface area contributed by atoms with Crippen molar-refractivity contribution in [2.75, 3.05) is 0 Å². The van der Waals surface area contributed by atoms with Gasteiger partial charge in [-0.05, 0) is 61.0 Å². The van der Waals surface area contributed by atoms with Crippen LogP contribution >= 0.6 is 0 Å². The SMILES string of the molecule is CC(=Nc1ccccc1C)c1ccc(-c2cccnc2)cc1/C=C/C=C\N. The Kier molecular flexibility index (Phi) is 5.95. The summed E-state index contributed by atoms with van der Waals surface area (Å²) in [4.78, 5) is 9.07. The van der Waals surface area contributed by atoms with Gasteiger partial charge in [-0.2, -0.15) is 0 Å². The van der Waals surface area contributed by atoms with Crippen molar-refractivity contribution >= 4 is 17.5 Å². The van der Waals surface area contributed by atoms with Crippen LogP contribution in [-0.2, 0) is 0 Å². The average molecular weight is 353 g/mol. The van der Waals surface area contributed by atoms with Crippen LogP contribution in [0.1, 0.15) is 23.6 Å². The minimum atomic E-state index is 0.971. The molecule has 27 heavy (non-hydrogen) atoms. The summed E-state index contributed by atoms with van der Waals surface area (Å²) in [6.07, 6.45) is 11.0. The van der Waals surface area contributed by atoms with Gasteiger partial charge in [-0.1, -0.05) is 48.6 Å². The van der Waals surface area contributed by atoms with E-state index >= 15 is 0 Å². The molecule has 0 unspecified atom stereocenters. The first kappa shape index (κ1) is 18.3. The fraction of sp³-hybridized carbons (Fsp3) is 0.0833. The maximum absolute atomic E-state index is 5.47. The molecule has 0 aliphatic rings. The first-order valence-electron chi connectivity index (χ1n) is 8.90. The highest BCUT2D eigenvalue weighted by Gasteiger charge is 2.07. The maximum Gasteiger partial charge on any atom is 0.0662 e. The summed E-state index contributed by atoms with van der Waals surface area (Å²) in [6.45, 7) is 4.12. The second-order valence-electron chi connectivity index (χ2n) is 6.27. The molecule has 0 saturated carbocycles. The standard InChI is InChI=1S/C24H23N3/c1-18-8-3-4-11-24(18)27-19(2)23-13-12-20(22-10-7-15-26-17-22)16-21(23)9-5-6-14-25/h3-17H,25H2,1-2H3/b9-5+,14-6-,27-19?. The molecule has 0 aliphatic heterocycles. The largest absolute Gasteiger partial charge is 0.405 e. The van der Waals surface area contributed by atoms with E-state index in [0.29, 0.717) is 0 Å². The molecule has 0 radical (unpaired) electrons. The van der Waals surface area contributed by atoms with Crippen LogP contribution in [0.25, 0.3) is 17.2 Å². The maximum atomic E-state index is 5.47. The number of pyridine rings is 1. The molecule has 1 aromatic heterocycles. The number of para-hydroxylation sites is 1. The number of aryl methyl sites for hydroxylation is 1. The van der Waals surface area contributed by atoms with Crippen LogP contribution in [0.2, 0.25) is 0 Å². The third-order valence-corrected chi connectivity index (χ3v) is 4.34. The summed E-state index contributed by atoms with van der Waals surface area (Å²) in [5, 5.41) is 0. The Bertz CT molecular complexity index is 999. The van der Waals surface area contributed by atoms with E-state index in [1.54, 1.807) is 6.20 Å². The highest BCUT2D eigenvalue weighted by molar-refractivity contribution is 6.03. The quantitative estimate of drug-likeness (QED) is 0.473. The lowest BCUT2D eigenvalue weighted by Gasteiger charge is -2.10. The molecular formula is C24H23N3. The molecule has 1 heterocycles. The molecule has 0 spiro atoms. The molecule has 3 aromatic rings. The van der Waals surface area contributed by atoms with Crippen LogP contribution in [0.15, 0.2) is 90.3 Å². The van der Waals surface area contributed by atoms with Gasteiger partial charge in [0.25, 0.3) is 0 Å². The molecule has 0 aliphatic carbocycles. The van der Waals surface area contributed by atoms with Gasteiger partial charge in [0, 0.05) is 29.2 Å². The molecule has 3 rings (SSSR count). The number of nitrogens with two attached hydrogens (primary N) is 1. The highest BCUT2D eigenvalue weighted by atomic mass is 14.7. The lowest BCUT2D eigenvalue weighted by atomic mass is 9.97. The number of benzene rings is 2. The predicted octanol–water partition coefficient (Wildman–Crippen LogP) is 5.68. The second-order valence-corrected chi connectivity index (χ2v) is 6.27. The molecule has 134 valence electrons. The Hall–Kier alpha value is -3.46. The van der Waals surface area contributed by atoms with Crippen LogP contribution in [0.5, 0.6) is 0 Å². The number of rotatable bonds is 5. The van der Waals surface area contributed by atoms with E-state index in [1.165, 1.54) is 6.20 Å². The molecule has 2 N–H and O–H groups in total. The number of nitrogens with zero attached hydrogens (tertiary/aromatic N) is 2. The number of hydrogen-bond donors (Lipinski definition) is 1. The molecule has 0 saturated heterocycles. The van der Waals surface area contributed by atoms with E-state index in [1.807, 2.05) is 49.5 Å². The van der Waals surface area contributed by atoms with E-state index in [2.05, 4.69) is 48.3 Å². The molecule has 3 heteroatoms. The van der Waals surface area contributed by atoms with Crippen molar-refractivity contribution in [1.82, 2.24) is 4.98 Å². The van der Waals surface area contributed by atoms with Gasteiger partial charge in [-0.25, -0.2) is 0 Å². The third-order valence-electron chi connectivity index (χ3n) is 4.34. The van der Waals surface area contributed by atoms with Crippen LogP contribution < -0.4 is 5.73 Å². The Morgan fingerprint density at radius 1 is 1.00 bits per heavy atom. The van der Waals surface area contributed by atoms with Crippen LogP contribution in [0.4, 0.5) is 5.69 Å². The van der Waals surface area contributed by atoms with Gasteiger partial charge in [-0.15, -0.1) is 0 Å². The Morgan fingerprint density at radius 2 is 1.85 bits per heavy atom. The molecule has 0 atom stereocenters. The first-order chi connectivity index (χ1) is 13.2. The van der Waals surface area contributed by atoms with Gasteiger partial charge in [0.15, 0.2) is 0 Å². The van der Waals surface area contributed by atoms with Crippen LogP contribution in [0, 0.1) is 6.92 Å². The molecule has 0 fully saturated rings. The lowest BCUT2D eigenvalue weighted by Crippen LogP contribution is -1.98. The van der Waals surface area contributed by atoms with Gasteiger partial charge in [0.1, 0.15) is 0 Å². The predicted molar refractivity (Wildman–Crippen MR) is 115 cm³/mol. The van der Waals surface area contributed by atoms with Gasteiger partial charge in [0.05, 0.1) is 5.69 Å². The smallest absolute Gasteiger partial charge is 0.0662 e. The van der Waals surface area contributed by atoms with Crippen molar-refractivity contribution in [1.29, 1.82) is 0 Å². The minimum Gasteiger partial charge on any atom is -0.405 e. The lowest BCUT2D eigenvalue weighted by molar-refractivity contribution is 1.33. The van der Waals surface area contributed by atoms with Crippen molar-refractivity contribution < 1.29 is 0 Å². The van der Waals surface area contributed by atoms with E-state index in [4.69, 9.17) is 10.7 Å². The zero-order valence-corrected chi connectivity index (χ0v) is 15.6. The zero-order valence-electron chi connectivity index (χ0n) is 15.6. The van der Waals surface area contributed by atoms with Gasteiger partial charge in [0.2, 0.25) is 0 Å². The Morgan fingerprint density at radius 3 is 2.59 bits per heavy atom. The summed E-state index contributed by atoms with van der Waals surface area (Å²) in [7, 11) is 0. The summed E-state index contributed by atoms with van der Waals surface area (Å²) in [5.74, 6) is 0. The van der Waals surface area contributed by atoms with Crippen molar-refractivity contribution in [3.8, 4) is 11.1 Å². The van der Waals surface area contributed by atoms with Crippen LogP contribution in [0.3, 0.4) is 0 Å². The van der Waals surface area contributed by atoms with E-state index in [9.17, 15) is 0 Å². The number of aliphatic imine (C=N–C) groups is 1. The second kappa shape index (κ2) is 8.77. The number of allylic oxidation sites excluding steroid dienone is 2. The van der Waals surface area contributed by atoms with Gasteiger partial charge >= 0.3 is 0 Å². The Balaban J connectivity index is 2.07. The monoisotopic (exact) mass is 353 g/mol. The zero-order chi connectivity index (χ0) is 19.1. The fourth-order valence-corrected chi connectivity index (χ4v) is 2.90. The normalized spacial score (nSPS) is 12.1. The van der Waals surface area contributed by atoms with Gasteiger partial charge < -0.3 is 5.73 Å². The molecule has 0 bridgehead atoms. The van der Waals surface area contributed by atoms with Crippen molar-refractivity contribution in [3.63, 3.8) is 0 Å². The highest BCUT2D eigenvalue weighted by Crippen LogP contribution is 2.25. The van der Waals surface area contributed by atoms with Crippen LogP contribution in [-0.4, -0.2) is 10.7 Å². The van der Waals surface area contributed by atoms with Gasteiger partial charge in [-0.3, -0.25) is 9.98 Å². The molecule has 0 amide bonds. The topological polar surface area (TPSA) is 51.3 Å². The van der Waals surface area contributed by atoms with Crippen molar-refractivity contribution in [2.45, 2.75) is 13.8 Å². The first-order valence-corrected chi connectivity index (χ1v) is 8.90. The van der Waals surface area contributed by atoms with E-state index in [-0.39, 0.29) is 0 Å². The van der Waals surface area contributed by atoms with Crippen molar-refractivity contribution in [2.24, 2.45) is 10.7 Å². The fourth-order valence-electron chi connectivity index (χ4n) is 2.90. The molecule has 2 aromatic carbocycles. The van der Waals surface area contributed by atoms with Crippen molar-refractivity contribution in [3.05, 3.63) is 102 Å². The van der Waals surface area contributed by atoms with E-state index < -0.39 is 0 Å². The summed E-state index contributed by atoms with van der Waals surface area (Å²) in [5.41, 5.74) is 13.0. The summed E-state index contributed by atoms with van der Waals surface area (Å²) >= 11 is 0. The summed E-state index contributed by atoms with van der Waals surface area (Å²) in [6, 6.07) is 18.5. The molecule has 3 nitrogen and oxygen atoms in total. The molecular weight excluding hydrogens is 330 g/mol. The average Bonchev–Trinajstić information content (AvgIpc) is 2.70. The minimum absolute atomic E-state index is 0.971. The van der Waals surface area contributed by atoms with E-state index in [0.717, 1.165) is 39.2 Å². The number of hydrogen-bond acceptors (Lipinski definition) is 3.